The molecule has 0 fully saturated rings. The Balaban J connectivity index is 2.65. The minimum atomic E-state index is 0.819. The van der Waals surface area contributed by atoms with Crippen molar-refractivity contribution in [2.24, 2.45) is 0 Å². The van der Waals surface area contributed by atoms with Crippen LogP contribution in [-0.2, 0) is 0 Å². The van der Waals surface area contributed by atoms with Gasteiger partial charge in [0.15, 0.2) is 0 Å². The van der Waals surface area contributed by atoms with Crippen LogP contribution in [0.2, 0.25) is 0 Å². The minimum Gasteiger partial charge on any atom is -0.496 e. The van der Waals surface area contributed by atoms with Crippen LogP contribution in [0.1, 0.15) is 63.6 Å². The largest absolute Gasteiger partial charge is 0.496 e. The predicted octanol–water partition coefficient (Wildman–Crippen LogP) is 8.53. The van der Waals surface area contributed by atoms with E-state index in [2.05, 4.69) is 94.3 Å². The number of ether oxygens (including phenoxy) is 2. The third-order valence-corrected chi connectivity index (χ3v) is 5.67. The Hall–Kier alpha value is -2.94. The lowest BCUT2D eigenvalue weighted by Gasteiger charge is -2.26. The summed E-state index contributed by atoms with van der Waals surface area (Å²) in [6, 6.07) is 10.9. The first-order valence-corrected chi connectivity index (χ1v) is 11.6. The molecule has 0 aromatic heterocycles. The average molecular weight is 434 g/mol. The third-order valence-electron chi connectivity index (χ3n) is 5.67. The highest BCUT2D eigenvalue weighted by Gasteiger charge is 2.16. The van der Waals surface area contributed by atoms with Gasteiger partial charge < -0.3 is 14.4 Å². The predicted molar refractivity (Wildman–Crippen MR) is 139 cm³/mol. The first kappa shape index (κ1) is 25.3. The monoisotopic (exact) mass is 433 g/mol. The lowest BCUT2D eigenvalue weighted by Crippen LogP contribution is -2.12. The molecule has 2 aromatic rings. The van der Waals surface area contributed by atoms with Crippen LogP contribution in [0.15, 0.2) is 60.3 Å². The van der Waals surface area contributed by atoms with E-state index >= 15 is 0 Å². The quantitative estimate of drug-likeness (QED) is 0.350. The number of rotatable bonds is 10. The maximum Gasteiger partial charge on any atom is 0.127 e. The van der Waals surface area contributed by atoms with E-state index in [0.717, 1.165) is 47.7 Å². The average Bonchev–Trinajstić information content (AvgIpc) is 2.80. The van der Waals surface area contributed by atoms with Crippen molar-refractivity contribution in [3.05, 3.63) is 77.0 Å². The van der Waals surface area contributed by atoms with Gasteiger partial charge in [0, 0.05) is 29.6 Å². The van der Waals surface area contributed by atoms with Crippen molar-refractivity contribution in [1.82, 2.24) is 0 Å². The van der Waals surface area contributed by atoms with Crippen molar-refractivity contribution in [2.45, 2.75) is 60.8 Å². The zero-order valence-electron chi connectivity index (χ0n) is 21.1. The van der Waals surface area contributed by atoms with Gasteiger partial charge in [-0.15, -0.1) is 0 Å². The Morgan fingerprint density at radius 2 is 1.59 bits per heavy atom. The van der Waals surface area contributed by atoms with Crippen molar-refractivity contribution in [3.63, 3.8) is 0 Å². The van der Waals surface area contributed by atoms with E-state index < -0.39 is 0 Å². The van der Waals surface area contributed by atoms with Crippen LogP contribution in [0.25, 0.3) is 5.57 Å². The van der Waals surface area contributed by atoms with Gasteiger partial charge in [0.1, 0.15) is 11.5 Å². The summed E-state index contributed by atoms with van der Waals surface area (Å²) >= 11 is 0. The Morgan fingerprint density at radius 3 is 2.09 bits per heavy atom. The number of nitrogens with zero attached hydrogens (tertiary/aromatic N) is 1. The number of methoxy groups -OCH3 is 2. The van der Waals surface area contributed by atoms with Crippen LogP contribution in [0.4, 0.5) is 11.4 Å². The van der Waals surface area contributed by atoms with E-state index in [1.165, 1.54) is 22.3 Å². The fourth-order valence-electron chi connectivity index (χ4n) is 3.66. The molecule has 0 unspecified atom stereocenters. The molecular weight excluding hydrogens is 394 g/mol. The van der Waals surface area contributed by atoms with Gasteiger partial charge in [-0.2, -0.15) is 0 Å². The van der Waals surface area contributed by atoms with E-state index in [4.69, 9.17) is 9.47 Å². The Labute approximate surface area is 195 Å². The first-order valence-electron chi connectivity index (χ1n) is 11.6. The molecule has 32 heavy (non-hydrogen) atoms. The molecule has 0 aliphatic heterocycles. The summed E-state index contributed by atoms with van der Waals surface area (Å²) in [6.07, 6.45) is 12.0. The van der Waals surface area contributed by atoms with Crippen LogP contribution in [-0.4, -0.2) is 14.2 Å². The molecule has 0 saturated carbocycles. The second kappa shape index (κ2) is 12.2. The summed E-state index contributed by atoms with van der Waals surface area (Å²) in [7, 11) is 3.41. The maximum absolute atomic E-state index is 5.65. The SMILES string of the molecule is CC/C=C/C(=C\CC)c1ccc(N(/C=C(/C)CC)c2cc(OC)c(C)c(OC)c2)c(C)c1. The van der Waals surface area contributed by atoms with E-state index in [0.29, 0.717) is 0 Å². The summed E-state index contributed by atoms with van der Waals surface area (Å²) in [6.45, 7) is 12.9. The third kappa shape index (κ3) is 6.06. The second-order valence-corrected chi connectivity index (χ2v) is 8.05. The fraction of sp³-hybridized carbons (Fsp3) is 0.379. The smallest absolute Gasteiger partial charge is 0.127 e. The van der Waals surface area contributed by atoms with Gasteiger partial charge in [0.25, 0.3) is 0 Å². The van der Waals surface area contributed by atoms with Crippen LogP contribution in [0, 0.1) is 13.8 Å². The molecular formula is C29H39NO2. The molecule has 0 atom stereocenters. The van der Waals surface area contributed by atoms with Crippen molar-refractivity contribution < 1.29 is 9.47 Å². The van der Waals surface area contributed by atoms with Gasteiger partial charge in [0.2, 0.25) is 0 Å². The highest BCUT2D eigenvalue weighted by molar-refractivity contribution is 5.78. The van der Waals surface area contributed by atoms with Gasteiger partial charge in [-0.25, -0.2) is 0 Å². The lowest BCUT2D eigenvalue weighted by molar-refractivity contribution is 0.389. The van der Waals surface area contributed by atoms with Gasteiger partial charge in [0.05, 0.1) is 19.9 Å². The highest BCUT2D eigenvalue weighted by Crippen LogP contribution is 2.38. The summed E-state index contributed by atoms with van der Waals surface area (Å²) < 4.78 is 11.3. The molecule has 172 valence electrons. The minimum absolute atomic E-state index is 0.819. The standard InChI is InChI=1S/C29H39NO2/c1-9-12-14-24(13-10-2)25-15-16-27(22(5)17-25)30(20-21(4)11-3)26-18-28(31-7)23(6)29(19-26)32-8/h12-20H,9-11H2,1-8H3/b14-12+,21-20-,24-13+. The summed E-state index contributed by atoms with van der Waals surface area (Å²) in [5.74, 6) is 1.64. The normalized spacial score (nSPS) is 12.4. The number of hydrogen-bond acceptors (Lipinski definition) is 3. The van der Waals surface area contributed by atoms with Gasteiger partial charge in [-0.1, -0.05) is 50.6 Å². The van der Waals surface area contributed by atoms with Crippen molar-refractivity contribution >= 4 is 16.9 Å². The van der Waals surface area contributed by atoms with Crippen molar-refractivity contribution in [3.8, 4) is 11.5 Å². The number of benzene rings is 2. The number of hydrogen-bond donors (Lipinski definition) is 0. The lowest BCUT2D eigenvalue weighted by atomic mass is 10.00. The highest BCUT2D eigenvalue weighted by atomic mass is 16.5. The summed E-state index contributed by atoms with van der Waals surface area (Å²) in [4.78, 5) is 2.24. The summed E-state index contributed by atoms with van der Waals surface area (Å²) in [5, 5.41) is 0. The molecule has 3 nitrogen and oxygen atoms in total. The molecule has 3 heteroatoms. The summed E-state index contributed by atoms with van der Waals surface area (Å²) in [5.41, 5.74) is 8.19. The topological polar surface area (TPSA) is 21.7 Å². The molecule has 0 spiro atoms. The Bertz CT molecular complexity index is 973. The molecule has 0 N–H and O–H groups in total. The molecule has 2 rings (SSSR count). The van der Waals surface area contributed by atoms with E-state index in [9.17, 15) is 0 Å². The number of allylic oxidation sites excluding steroid dienone is 5. The van der Waals surface area contributed by atoms with E-state index in [-0.39, 0.29) is 0 Å². The second-order valence-electron chi connectivity index (χ2n) is 8.05. The van der Waals surface area contributed by atoms with Crippen molar-refractivity contribution in [1.29, 1.82) is 0 Å². The van der Waals surface area contributed by atoms with Crippen molar-refractivity contribution in [2.75, 3.05) is 19.1 Å². The zero-order chi connectivity index (χ0) is 23.7. The van der Waals surface area contributed by atoms with Crippen LogP contribution in [0.3, 0.4) is 0 Å². The first-order chi connectivity index (χ1) is 15.4. The van der Waals surface area contributed by atoms with Gasteiger partial charge in [-0.05, 0) is 68.9 Å². The van der Waals surface area contributed by atoms with Crippen LogP contribution in [0.5, 0.6) is 11.5 Å². The van der Waals surface area contributed by atoms with Crippen LogP contribution >= 0.6 is 0 Å². The molecule has 0 bridgehead atoms. The molecule has 0 aliphatic carbocycles. The number of anilines is 2. The molecule has 0 amide bonds. The Morgan fingerprint density at radius 1 is 0.938 bits per heavy atom. The molecule has 2 aromatic carbocycles. The van der Waals surface area contributed by atoms with E-state index in [1.807, 2.05) is 6.92 Å². The molecule has 0 heterocycles. The fourth-order valence-corrected chi connectivity index (χ4v) is 3.66. The molecule has 0 aliphatic rings. The maximum atomic E-state index is 5.65. The van der Waals surface area contributed by atoms with E-state index in [1.54, 1.807) is 14.2 Å². The van der Waals surface area contributed by atoms with Gasteiger partial charge >= 0.3 is 0 Å². The van der Waals surface area contributed by atoms with Gasteiger partial charge in [-0.3, -0.25) is 0 Å². The molecule has 0 radical (unpaired) electrons. The van der Waals surface area contributed by atoms with Crippen LogP contribution < -0.4 is 14.4 Å². The number of aryl methyl sites for hydroxylation is 1. The zero-order valence-corrected chi connectivity index (χ0v) is 21.1. The molecule has 0 saturated heterocycles. The Kier molecular flexibility index (Phi) is 9.64.